The average Bonchev–Trinajstić information content (AvgIpc) is 2.97. The number of benzene rings is 2. The third kappa shape index (κ3) is 4.58. The first-order valence-electron chi connectivity index (χ1n) is 14.7. The molecule has 0 bridgehead atoms. The number of methoxy groups -OCH3 is 1. The van der Waals surface area contributed by atoms with Crippen LogP contribution in [0.1, 0.15) is 37.0 Å². The van der Waals surface area contributed by atoms with Gasteiger partial charge in [-0.05, 0) is 80.8 Å². The molecule has 5 rings (SSSR count). The van der Waals surface area contributed by atoms with E-state index in [2.05, 4.69) is 18.7 Å². The third-order valence-electron chi connectivity index (χ3n) is 9.46. The number of primary amides is 1. The van der Waals surface area contributed by atoms with E-state index in [0.29, 0.717) is 23.4 Å². The fourth-order valence-electron chi connectivity index (χ4n) is 7.27. The Bertz CT molecular complexity index is 1620. The Labute approximate surface area is 255 Å². The van der Waals surface area contributed by atoms with E-state index in [4.69, 9.17) is 10.5 Å². The highest BCUT2D eigenvalue weighted by Crippen LogP contribution is 2.54. The summed E-state index contributed by atoms with van der Waals surface area (Å²) in [5.41, 5.74) is 4.79. The summed E-state index contributed by atoms with van der Waals surface area (Å²) in [6, 6.07) is 7.91. The normalized spacial score (nSPS) is 24.9. The van der Waals surface area contributed by atoms with Crippen molar-refractivity contribution in [2.75, 3.05) is 34.3 Å². The number of phenols is 1. The molecule has 0 aromatic heterocycles. The number of nitrogens with zero attached hydrogens (tertiary/aromatic N) is 2. The van der Waals surface area contributed by atoms with Gasteiger partial charge in [0.1, 0.15) is 28.6 Å². The van der Waals surface area contributed by atoms with Crippen LogP contribution < -0.4 is 10.5 Å². The topological polar surface area (TPSA) is 174 Å². The molecule has 44 heavy (non-hydrogen) atoms. The minimum absolute atomic E-state index is 0.0139. The molecule has 1 amide bonds. The Morgan fingerprint density at radius 1 is 1.07 bits per heavy atom. The summed E-state index contributed by atoms with van der Waals surface area (Å²) in [5.74, 6) is -6.24. The Hall–Kier alpha value is -4.19. The number of nitrogens with two attached hydrogens (primary N) is 1. The number of hydrogen-bond acceptors (Lipinski definition) is 10. The number of aromatic hydroxyl groups is 1. The van der Waals surface area contributed by atoms with Gasteiger partial charge in [0.25, 0.3) is 5.91 Å². The van der Waals surface area contributed by atoms with Crippen LogP contribution in [0.5, 0.6) is 11.5 Å². The molecule has 3 aliphatic rings. The molecule has 0 radical (unpaired) electrons. The maximum Gasteiger partial charge on any atom is 0.255 e. The first-order valence-corrected chi connectivity index (χ1v) is 14.7. The smallest absolute Gasteiger partial charge is 0.255 e. The predicted molar refractivity (Wildman–Crippen MR) is 163 cm³/mol. The van der Waals surface area contributed by atoms with Gasteiger partial charge in [-0.3, -0.25) is 24.2 Å². The maximum absolute atomic E-state index is 14.1. The summed E-state index contributed by atoms with van der Waals surface area (Å²) in [6.07, 6.45) is 0.196. The summed E-state index contributed by atoms with van der Waals surface area (Å²) in [4.78, 5) is 43.4. The van der Waals surface area contributed by atoms with E-state index in [0.717, 1.165) is 24.2 Å². The standard InChI is InChI=1S/C33H39N3O8/c1-6-36(7-2)15-16-8-11-23(44-5)19(12-16)18-9-10-22(37)25-20(18)13-17-14-21-27(35(3)4)29(39)26(32(34)42)31(41)33(21,43)30(40)24(17)28(25)38/h8-12,17,21,27,37-38,41,43H,6-7,13-15H2,1-5H3,(H2,34,42)/t17-,21-,27-,33+/m1/s1. The van der Waals surface area contributed by atoms with Gasteiger partial charge in [0.15, 0.2) is 11.4 Å². The Morgan fingerprint density at radius 2 is 1.75 bits per heavy atom. The van der Waals surface area contributed by atoms with E-state index in [1.54, 1.807) is 27.3 Å². The zero-order valence-electron chi connectivity index (χ0n) is 25.5. The molecule has 3 aliphatic carbocycles. The van der Waals surface area contributed by atoms with Crippen LogP contribution in [0.25, 0.3) is 16.9 Å². The number of ether oxygens (including phenoxy) is 1. The lowest BCUT2D eigenvalue weighted by molar-refractivity contribution is -0.153. The minimum Gasteiger partial charge on any atom is -0.508 e. The molecule has 0 unspecified atom stereocenters. The number of aliphatic hydroxyl groups is 3. The highest BCUT2D eigenvalue weighted by Gasteiger charge is 2.64. The van der Waals surface area contributed by atoms with Crippen LogP contribution in [0.4, 0.5) is 0 Å². The number of ketones is 2. The van der Waals surface area contributed by atoms with Gasteiger partial charge in [-0.1, -0.05) is 26.0 Å². The molecule has 1 fully saturated rings. The molecule has 234 valence electrons. The Balaban J connectivity index is 1.70. The van der Waals surface area contributed by atoms with Crippen LogP contribution in [0.3, 0.4) is 0 Å². The molecule has 6 N–H and O–H groups in total. The van der Waals surface area contributed by atoms with Gasteiger partial charge < -0.3 is 30.9 Å². The molecular formula is C33H39N3O8. The van der Waals surface area contributed by atoms with Crippen LogP contribution in [0, 0.1) is 11.8 Å². The number of phenolic OH excluding ortho intramolecular Hbond substituents is 1. The van der Waals surface area contributed by atoms with E-state index in [9.17, 15) is 34.8 Å². The molecule has 2 aromatic rings. The number of hydrogen-bond donors (Lipinski definition) is 5. The van der Waals surface area contributed by atoms with Gasteiger partial charge in [-0.25, -0.2) is 0 Å². The first-order chi connectivity index (χ1) is 20.8. The van der Waals surface area contributed by atoms with Gasteiger partial charge in [-0.15, -0.1) is 0 Å². The quantitative estimate of drug-likeness (QED) is 0.281. The fourth-order valence-corrected chi connectivity index (χ4v) is 7.27. The second-order valence-corrected chi connectivity index (χ2v) is 11.9. The van der Waals surface area contributed by atoms with E-state index < -0.39 is 58.0 Å². The second kappa shape index (κ2) is 11.4. The van der Waals surface area contributed by atoms with E-state index in [1.165, 1.54) is 11.0 Å². The van der Waals surface area contributed by atoms with Crippen molar-refractivity contribution in [1.29, 1.82) is 0 Å². The van der Waals surface area contributed by atoms with Gasteiger partial charge in [0.2, 0.25) is 5.78 Å². The monoisotopic (exact) mass is 605 g/mol. The van der Waals surface area contributed by atoms with Gasteiger partial charge in [-0.2, -0.15) is 0 Å². The minimum atomic E-state index is -2.68. The van der Waals surface area contributed by atoms with Crippen molar-refractivity contribution in [2.24, 2.45) is 17.6 Å². The van der Waals surface area contributed by atoms with Crippen molar-refractivity contribution < 1.29 is 39.5 Å². The van der Waals surface area contributed by atoms with Crippen LogP contribution in [0.2, 0.25) is 0 Å². The number of fused-ring (bicyclic) bond motifs is 3. The van der Waals surface area contributed by atoms with Gasteiger partial charge in [0, 0.05) is 23.6 Å². The predicted octanol–water partition coefficient (Wildman–Crippen LogP) is 2.48. The molecule has 4 atom stereocenters. The van der Waals surface area contributed by atoms with E-state index >= 15 is 0 Å². The molecule has 11 nitrogen and oxygen atoms in total. The highest BCUT2D eigenvalue weighted by atomic mass is 16.5. The van der Waals surface area contributed by atoms with E-state index in [-0.39, 0.29) is 29.7 Å². The molecule has 2 aromatic carbocycles. The Morgan fingerprint density at radius 3 is 2.34 bits per heavy atom. The zero-order chi connectivity index (χ0) is 32.2. The van der Waals surface area contributed by atoms with Gasteiger partial charge in [0.05, 0.1) is 18.7 Å². The lowest BCUT2D eigenvalue weighted by Gasteiger charge is -2.50. The summed E-state index contributed by atoms with van der Waals surface area (Å²) in [7, 11) is 4.70. The second-order valence-electron chi connectivity index (χ2n) is 11.9. The number of likely N-dealkylation sites (N-methyl/N-ethyl adjacent to an activating group) is 1. The lowest BCUT2D eigenvalue weighted by atomic mass is 9.57. The maximum atomic E-state index is 14.1. The largest absolute Gasteiger partial charge is 0.508 e. The van der Waals surface area contributed by atoms with Crippen molar-refractivity contribution in [3.05, 3.63) is 63.9 Å². The fraction of sp³-hybridized carbons (Fsp3) is 0.424. The summed E-state index contributed by atoms with van der Waals surface area (Å²) < 4.78 is 5.71. The number of rotatable bonds is 8. The number of aliphatic hydroxyl groups excluding tert-OH is 2. The third-order valence-corrected chi connectivity index (χ3v) is 9.46. The van der Waals surface area contributed by atoms with Crippen molar-refractivity contribution in [1.82, 2.24) is 9.80 Å². The number of carbonyl (C=O) groups is 3. The van der Waals surface area contributed by atoms with Crippen molar-refractivity contribution >= 4 is 23.2 Å². The average molecular weight is 606 g/mol. The van der Waals surface area contributed by atoms with Crippen LogP contribution in [-0.2, 0) is 27.3 Å². The van der Waals surface area contributed by atoms with E-state index in [1.807, 2.05) is 18.2 Å². The van der Waals surface area contributed by atoms with Crippen molar-refractivity contribution in [2.45, 2.75) is 44.9 Å². The number of carbonyl (C=O) groups excluding carboxylic acids is 3. The van der Waals surface area contributed by atoms with Crippen LogP contribution in [-0.4, -0.2) is 93.6 Å². The molecule has 0 heterocycles. The molecular weight excluding hydrogens is 566 g/mol. The highest BCUT2D eigenvalue weighted by molar-refractivity contribution is 6.24. The molecule has 0 aliphatic heterocycles. The Kier molecular flexibility index (Phi) is 8.08. The van der Waals surface area contributed by atoms with Crippen LogP contribution in [0.15, 0.2) is 47.2 Å². The molecule has 1 saturated carbocycles. The lowest BCUT2D eigenvalue weighted by Crippen LogP contribution is -2.65. The first kappa shape index (κ1) is 31.2. The summed E-state index contributed by atoms with van der Waals surface area (Å²) in [5, 5.41) is 45.5. The molecule has 0 saturated heterocycles. The molecule has 11 heteroatoms. The zero-order valence-corrected chi connectivity index (χ0v) is 25.5. The summed E-state index contributed by atoms with van der Waals surface area (Å²) in [6.45, 7) is 6.64. The summed E-state index contributed by atoms with van der Waals surface area (Å²) >= 11 is 0. The molecule has 0 spiro atoms. The van der Waals surface area contributed by atoms with Crippen molar-refractivity contribution in [3.8, 4) is 22.6 Å². The van der Waals surface area contributed by atoms with Crippen molar-refractivity contribution in [3.63, 3.8) is 0 Å². The SMILES string of the molecule is CCN(CC)Cc1ccc(OC)c(-c2ccc(O)c3c2C[C@@H]2C[C@@H]4[C@@H](N(C)C)C(=O)C(C(N)=O)=C(O)[C@@]4(O)C(=O)C2=C3O)c1. The number of Topliss-reactive ketones (excluding diaryl/α,β-unsaturated/α-hetero) is 2. The number of amides is 1. The van der Waals surface area contributed by atoms with Crippen LogP contribution >= 0.6 is 0 Å². The van der Waals surface area contributed by atoms with Gasteiger partial charge >= 0.3 is 0 Å².